The van der Waals surface area contributed by atoms with Crippen LogP contribution in [0, 0.1) is 6.92 Å². The van der Waals surface area contributed by atoms with E-state index in [2.05, 4.69) is 20.6 Å². The van der Waals surface area contributed by atoms with Crippen molar-refractivity contribution < 1.29 is 18.1 Å². The smallest absolute Gasteiger partial charge is 0.282 e. The predicted octanol–water partition coefficient (Wildman–Crippen LogP) is 3.21. The molecule has 9 heteroatoms. The van der Waals surface area contributed by atoms with E-state index < -0.39 is 24.1 Å². The molecular formula is C17H17F2N5O2. The average molecular weight is 361 g/mol. The molecule has 26 heavy (non-hydrogen) atoms. The number of benzene rings is 1. The summed E-state index contributed by atoms with van der Waals surface area (Å²) in [7, 11) is 1.42. The Hall–Kier alpha value is -3.10. The molecule has 2 heterocycles. The Bertz CT molecular complexity index is 935. The van der Waals surface area contributed by atoms with Crippen LogP contribution in [0.15, 0.2) is 34.9 Å². The molecule has 0 aliphatic carbocycles. The molecule has 0 saturated carbocycles. The molecule has 1 N–H and O–H groups in total. The molecule has 1 aromatic carbocycles. The second-order valence-corrected chi connectivity index (χ2v) is 5.90. The summed E-state index contributed by atoms with van der Waals surface area (Å²) in [4.78, 5) is 16.6. The topological polar surface area (TPSA) is 85.8 Å². The first-order valence-electron chi connectivity index (χ1n) is 7.88. The highest BCUT2D eigenvalue weighted by Gasteiger charge is 2.22. The Morgan fingerprint density at radius 3 is 2.73 bits per heavy atom. The minimum absolute atomic E-state index is 0.0190. The third kappa shape index (κ3) is 3.61. The third-order valence-corrected chi connectivity index (χ3v) is 3.79. The van der Waals surface area contributed by atoms with Crippen molar-refractivity contribution in [3.63, 3.8) is 0 Å². The lowest BCUT2D eigenvalue weighted by atomic mass is 10.1. The number of carbonyl (C=O) groups is 1. The maximum atomic E-state index is 12.7. The molecule has 0 spiro atoms. The second kappa shape index (κ2) is 7.03. The van der Waals surface area contributed by atoms with E-state index in [9.17, 15) is 13.6 Å². The Labute approximate surface area is 148 Å². The maximum absolute atomic E-state index is 12.7. The second-order valence-electron chi connectivity index (χ2n) is 5.90. The van der Waals surface area contributed by atoms with Crippen molar-refractivity contribution in [3.8, 4) is 11.4 Å². The van der Waals surface area contributed by atoms with E-state index in [1.807, 2.05) is 31.2 Å². The van der Waals surface area contributed by atoms with E-state index in [0.717, 1.165) is 21.9 Å². The zero-order valence-corrected chi connectivity index (χ0v) is 14.4. The number of rotatable bonds is 5. The van der Waals surface area contributed by atoms with Gasteiger partial charge < -0.3 is 9.84 Å². The molecule has 0 aliphatic heterocycles. The van der Waals surface area contributed by atoms with Crippen LogP contribution in [0.3, 0.4) is 0 Å². The van der Waals surface area contributed by atoms with Crippen molar-refractivity contribution in [1.82, 2.24) is 25.2 Å². The van der Waals surface area contributed by atoms with Crippen molar-refractivity contribution in [3.05, 3.63) is 53.2 Å². The van der Waals surface area contributed by atoms with Crippen LogP contribution in [0.5, 0.6) is 0 Å². The number of hydrogen-bond acceptors (Lipinski definition) is 5. The number of aryl methyl sites for hydroxylation is 2. The van der Waals surface area contributed by atoms with Gasteiger partial charge in [-0.1, -0.05) is 28.9 Å². The largest absolute Gasteiger partial charge is 0.339 e. The molecule has 0 saturated heterocycles. The van der Waals surface area contributed by atoms with Gasteiger partial charge in [-0.2, -0.15) is 10.1 Å². The number of carbonyl (C=O) groups excluding carboxylic acids is 1. The van der Waals surface area contributed by atoms with E-state index in [4.69, 9.17) is 4.52 Å². The van der Waals surface area contributed by atoms with Gasteiger partial charge in [0.05, 0.1) is 0 Å². The van der Waals surface area contributed by atoms with Crippen molar-refractivity contribution in [2.45, 2.75) is 26.3 Å². The van der Waals surface area contributed by atoms with Crippen LogP contribution in [0.4, 0.5) is 8.78 Å². The highest BCUT2D eigenvalue weighted by atomic mass is 19.3. The summed E-state index contributed by atoms with van der Waals surface area (Å²) in [6.45, 7) is 3.62. The zero-order chi connectivity index (χ0) is 18.8. The van der Waals surface area contributed by atoms with E-state index in [-0.39, 0.29) is 11.6 Å². The average Bonchev–Trinajstić information content (AvgIpc) is 3.21. The van der Waals surface area contributed by atoms with Crippen LogP contribution in [0.25, 0.3) is 11.4 Å². The van der Waals surface area contributed by atoms with Gasteiger partial charge in [0.2, 0.25) is 11.7 Å². The molecule has 0 bridgehead atoms. The van der Waals surface area contributed by atoms with E-state index in [1.54, 1.807) is 6.92 Å². The number of hydrogen-bond donors (Lipinski definition) is 1. The van der Waals surface area contributed by atoms with Gasteiger partial charge in [-0.3, -0.25) is 9.48 Å². The minimum Gasteiger partial charge on any atom is -0.339 e. The van der Waals surface area contributed by atoms with Crippen LogP contribution in [-0.2, 0) is 7.05 Å². The Kier molecular flexibility index (Phi) is 4.79. The fourth-order valence-corrected chi connectivity index (χ4v) is 2.45. The molecule has 3 rings (SSSR count). The Morgan fingerprint density at radius 1 is 1.31 bits per heavy atom. The Balaban J connectivity index is 1.74. The van der Waals surface area contributed by atoms with Gasteiger partial charge >= 0.3 is 0 Å². The fraction of sp³-hybridized carbons (Fsp3) is 0.294. The van der Waals surface area contributed by atoms with Crippen LogP contribution in [-0.4, -0.2) is 25.8 Å². The summed E-state index contributed by atoms with van der Waals surface area (Å²) in [6.07, 6.45) is -2.74. The molecule has 136 valence electrons. The number of aromatic nitrogens is 4. The monoisotopic (exact) mass is 361 g/mol. The van der Waals surface area contributed by atoms with Gasteiger partial charge in [0.25, 0.3) is 12.3 Å². The lowest BCUT2D eigenvalue weighted by Gasteiger charge is -2.09. The molecule has 7 nitrogen and oxygen atoms in total. The first-order valence-corrected chi connectivity index (χ1v) is 7.88. The normalized spacial score (nSPS) is 12.4. The summed E-state index contributed by atoms with van der Waals surface area (Å²) in [5, 5.41) is 10.2. The highest BCUT2D eigenvalue weighted by molar-refractivity contribution is 5.92. The summed E-state index contributed by atoms with van der Waals surface area (Å²) in [5.74, 6) is 0.0612. The minimum atomic E-state index is -2.74. The highest BCUT2D eigenvalue weighted by Crippen LogP contribution is 2.21. The van der Waals surface area contributed by atoms with E-state index in [1.165, 1.54) is 7.05 Å². The molecule has 0 aliphatic rings. The van der Waals surface area contributed by atoms with E-state index >= 15 is 0 Å². The number of alkyl halides is 2. The van der Waals surface area contributed by atoms with Gasteiger partial charge in [0.15, 0.2) is 0 Å². The summed E-state index contributed by atoms with van der Waals surface area (Å²) >= 11 is 0. The molecule has 1 amide bonds. The number of nitrogens with zero attached hydrogens (tertiary/aromatic N) is 4. The van der Waals surface area contributed by atoms with E-state index in [0.29, 0.717) is 5.82 Å². The SMILES string of the molecule is Cc1cccc(-c2noc(C(C)NC(=O)c3cc(C(F)F)nn3C)n2)c1. The number of halogens is 2. The van der Waals surface area contributed by atoms with Crippen molar-refractivity contribution in [2.24, 2.45) is 7.05 Å². The molecule has 1 unspecified atom stereocenters. The van der Waals surface area contributed by atoms with Gasteiger partial charge in [-0.05, 0) is 26.0 Å². The van der Waals surface area contributed by atoms with Crippen molar-refractivity contribution >= 4 is 5.91 Å². The lowest BCUT2D eigenvalue weighted by Crippen LogP contribution is -2.28. The van der Waals surface area contributed by atoms with Crippen LogP contribution < -0.4 is 5.32 Å². The summed E-state index contributed by atoms with van der Waals surface area (Å²) in [5.41, 5.74) is 1.42. The molecule has 0 fully saturated rings. The fourth-order valence-electron chi connectivity index (χ4n) is 2.45. The lowest BCUT2D eigenvalue weighted by molar-refractivity contribution is 0.0923. The quantitative estimate of drug-likeness (QED) is 0.754. The number of nitrogens with one attached hydrogen (secondary N) is 1. The molecule has 2 aromatic heterocycles. The van der Waals surface area contributed by atoms with Crippen LogP contribution in [0.2, 0.25) is 0 Å². The zero-order valence-electron chi connectivity index (χ0n) is 14.4. The first kappa shape index (κ1) is 17.7. The van der Waals surface area contributed by atoms with Crippen LogP contribution in [0.1, 0.15) is 47.0 Å². The van der Waals surface area contributed by atoms with Crippen molar-refractivity contribution in [1.29, 1.82) is 0 Å². The number of amides is 1. The third-order valence-electron chi connectivity index (χ3n) is 3.79. The van der Waals surface area contributed by atoms with Gasteiger partial charge in [-0.25, -0.2) is 8.78 Å². The van der Waals surface area contributed by atoms with Crippen LogP contribution >= 0.6 is 0 Å². The van der Waals surface area contributed by atoms with Gasteiger partial charge in [0, 0.05) is 12.6 Å². The predicted molar refractivity (Wildman–Crippen MR) is 88.5 cm³/mol. The molecule has 1 atom stereocenters. The first-order chi connectivity index (χ1) is 12.3. The standard InChI is InChI=1S/C17H17F2N5O2/c1-9-5-4-6-11(7-9)15-21-17(26-23-15)10(2)20-16(25)13-8-12(14(18)19)22-24(13)3/h4-8,10,14H,1-3H3,(H,20,25). The molecular weight excluding hydrogens is 344 g/mol. The van der Waals surface area contributed by atoms with Crippen molar-refractivity contribution in [2.75, 3.05) is 0 Å². The molecule has 3 aromatic rings. The molecule has 0 radical (unpaired) electrons. The Morgan fingerprint density at radius 2 is 2.08 bits per heavy atom. The van der Waals surface area contributed by atoms with Gasteiger partial charge in [0.1, 0.15) is 17.4 Å². The summed E-state index contributed by atoms with van der Waals surface area (Å²) < 4.78 is 31.7. The summed E-state index contributed by atoms with van der Waals surface area (Å²) in [6, 6.07) is 8.06. The van der Waals surface area contributed by atoms with Gasteiger partial charge in [-0.15, -0.1) is 0 Å². The maximum Gasteiger partial charge on any atom is 0.282 e.